The smallest absolute Gasteiger partial charge is 0.123 e. The van der Waals surface area contributed by atoms with Crippen LogP contribution in [0.4, 0.5) is 0 Å². The summed E-state index contributed by atoms with van der Waals surface area (Å²) in [6.07, 6.45) is 3.76. The van der Waals surface area contributed by atoms with Crippen LogP contribution in [0.25, 0.3) is 0 Å². The number of hydrogen-bond donors (Lipinski definition) is 1. The van der Waals surface area contributed by atoms with Crippen molar-refractivity contribution in [3.8, 4) is 5.75 Å². The van der Waals surface area contributed by atoms with Crippen LogP contribution in [0.5, 0.6) is 5.75 Å². The van der Waals surface area contributed by atoms with E-state index in [9.17, 15) is 5.11 Å². The lowest BCUT2D eigenvalue weighted by Crippen LogP contribution is -2.39. The fourth-order valence-electron chi connectivity index (χ4n) is 2.87. The lowest BCUT2D eigenvalue weighted by molar-refractivity contribution is -0.00239. The quantitative estimate of drug-likeness (QED) is 0.839. The second-order valence-electron chi connectivity index (χ2n) is 5.67. The molecule has 21 heavy (non-hydrogen) atoms. The molecule has 4 heteroatoms. The summed E-state index contributed by atoms with van der Waals surface area (Å²) in [5, 5.41) is 9.30. The van der Waals surface area contributed by atoms with Crippen LogP contribution >= 0.6 is 0 Å². The number of ether oxygens (including phenoxy) is 2. The SMILES string of the molecule is CCCOC1CCCN(Cc2cc(CO)ccc2OC)C1. The Labute approximate surface area is 127 Å². The molecule has 1 unspecified atom stereocenters. The van der Waals surface area contributed by atoms with Gasteiger partial charge in [0.1, 0.15) is 5.75 Å². The summed E-state index contributed by atoms with van der Waals surface area (Å²) in [5.74, 6) is 0.892. The van der Waals surface area contributed by atoms with Crippen LogP contribution < -0.4 is 4.74 Å². The van der Waals surface area contributed by atoms with Crippen LogP contribution in [-0.2, 0) is 17.9 Å². The highest BCUT2D eigenvalue weighted by Crippen LogP contribution is 2.24. The molecule has 1 atom stereocenters. The Kier molecular flexibility index (Phi) is 6.49. The average molecular weight is 293 g/mol. The van der Waals surface area contributed by atoms with Gasteiger partial charge in [0, 0.05) is 25.3 Å². The molecule has 0 amide bonds. The van der Waals surface area contributed by atoms with Gasteiger partial charge in [0.15, 0.2) is 0 Å². The van der Waals surface area contributed by atoms with Crippen molar-refractivity contribution in [2.24, 2.45) is 0 Å². The molecule has 4 nitrogen and oxygen atoms in total. The minimum Gasteiger partial charge on any atom is -0.496 e. The molecule has 0 aromatic heterocycles. The first-order chi connectivity index (χ1) is 10.3. The standard InChI is InChI=1S/C17H27NO3/c1-3-9-21-16-5-4-8-18(12-16)11-15-10-14(13-19)6-7-17(15)20-2/h6-7,10,16,19H,3-5,8-9,11-13H2,1-2H3. The van der Waals surface area contributed by atoms with Gasteiger partial charge in [0.2, 0.25) is 0 Å². The van der Waals surface area contributed by atoms with Crippen molar-refractivity contribution in [1.82, 2.24) is 4.90 Å². The highest BCUT2D eigenvalue weighted by molar-refractivity contribution is 5.37. The van der Waals surface area contributed by atoms with Crippen molar-refractivity contribution in [3.05, 3.63) is 29.3 Å². The largest absolute Gasteiger partial charge is 0.496 e. The number of piperidine rings is 1. The highest BCUT2D eigenvalue weighted by Gasteiger charge is 2.21. The van der Waals surface area contributed by atoms with Crippen molar-refractivity contribution in [1.29, 1.82) is 0 Å². The monoisotopic (exact) mass is 293 g/mol. The zero-order valence-corrected chi connectivity index (χ0v) is 13.2. The van der Waals surface area contributed by atoms with E-state index < -0.39 is 0 Å². The van der Waals surface area contributed by atoms with E-state index in [0.29, 0.717) is 6.10 Å². The number of benzene rings is 1. The normalized spacial score (nSPS) is 19.7. The Bertz CT molecular complexity index is 436. The second-order valence-corrected chi connectivity index (χ2v) is 5.67. The fourth-order valence-corrected chi connectivity index (χ4v) is 2.87. The summed E-state index contributed by atoms with van der Waals surface area (Å²) < 4.78 is 11.3. The van der Waals surface area contributed by atoms with E-state index in [4.69, 9.17) is 9.47 Å². The third kappa shape index (κ3) is 4.70. The molecular formula is C17H27NO3. The summed E-state index contributed by atoms with van der Waals surface area (Å²) >= 11 is 0. The molecule has 1 N–H and O–H groups in total. The number of likely N-dealkylation sites (tertiary alicyclic amines) is 1. The zero-order valence-electron chi connectivity index (χ0n) is 13.2. The van der Waals surface area contributed by atoms with Crippen LogP contribution in [-0.4, -0.2) is 42.9 Å². The zero-order chi connectivity index (χ0) is 15.1. The molecule has 0 bridgehead atoms. The third-order valence-corrected chi connectivity index (χ3v) is 3.94. The molecule has 1 fully saturated rings. The minimum atomic E-state index is 0.0687. The number of aliphatic hydroxyl groups excluding tert-OH is 1. The molecule has 1 aliphatic rings. The van der Waals surface area contributed by atoms with Gasteiger partial charge < -0.3 is 14.6 Å². The molecule has 1 aromatic rings. The second kappa shape index (κ2) is 8.37. The highest BCUT2D eigenvalue weighted by atomic mass is 16.5. The molecule has 0 aliphatic carbocycles. The van der Waals surface area contributed by atoms with Crippen molar-refractivity contribution >= 4 is 0 Å². The van der Waals surface area contributed by atoms with Gasteiger partial charge in [0.25, 0.3) is 0 Å². The summed E-state index contributed by atoms with van der Waals surface area (Å²) in [5.41, 5.74) is 2.07. The minimum absolute atomic E-state index is 0.0687. The number of hydrogen-bond acceptors (Lipinski definition) is 4. The van der Waals surface area contributed by atoms with Crippen LogP contribution in [0.2, 0.25) is 0 Å². The van der Waals surface area contributed by atoms with Gasteiger partial charge in [-0.25, -0.2) is 0 Å². The van der Waals surface area contributed by atoms with Crippen molar-refractivity contribution in [3.63, 3.8) is 0 Å². The average Bonchev–Trinajstić information content (AvgIpc) is 2.53. The maximum atomic E-state index is 9.30. The van der Waals surface area contributed by atoms with Gasteiger partial charge in [-0.2, -0.15) is 0 Å². The lowest BCUT2D eigenvalue weighted by Gasteiger charge is -2.33. The van der Waals surface area contributed by atoms with Gasteiger partial charge in [-0.1, -0.05) is 13.0 Å². The Hall–Kier alpha value is -1.10. The van der Waals surface area contributed by atoms with E-state index in [2.05, 4.69) is 11.8 Å². The van der Waals surface area contributed by atoms with E-state index in [-0.39, 0.29) is 6.61 Å². The van der Waals surface area contributed by atoms with E-state index in [1.54, 1.807) is 7.11 Å². The number of rotatable bonds is 7. The Morgan fingerprint density at radius 1 is 1.38 bits per heavy atom. The van der Waals surface area contributed by atoms with Gasteiger partial charge in [-0.15, -0.1) is 0 Å². The molecule has 118 valence electrons. The topological polar surface area (TPSA) is 41.9 Å². The van der Waals surface area contributed by atoms with Crippen LogP contribution in [0, 0.1) is 0 Å². The summed E-state index contributed by atoms with van der Waals surface area (Å²) in [6, 6.07) is 5.89. The predicted octanol–water partition coefficient (Wildman–Crippen LogP) is 2.58. The molecule has 2 rings (SSSR count). The van der Waals surface area contributed by atoms with Crippen LogP contribution in [0.3, 0.4) is 0 Å². The van der Waals surface area contributed by atoms with Crippen molar-refractivity contribution in [2.45, 2.75) is 45.4 Å². The van der Waals surface area contributed by atoms with Gasteiger partial charge in [0.05, 0.1) is 19.8 Å². The van der Waals surface area contributed by atoms with E-state index in [1.807, 2.05) is 18.2 Å². The van der Waals surface area contributed by atoms with E-state index >= 15 is 0 Å². The fraction of sp³-hybridized carbons (Fsp3) is 0.647. The van der Waals surface area contributed by atoms with Crippen LogP contribution in [0.1, 0.15) is 37.3 Å². The molecular weight excluding hydrogens is 266 g/mol. The van der Waals surface area contributed by atoms with Gasteiger partial charge in [-0.3, -0.25) is 4.90 Å². The van der Waals surface area contributed by atoms with Crippen LogP contribution in [0.15, 0.2) is 18.2 Å². The Morgan fingerprint density at radius 2 is 2.24 bits per heavy atom. The Morgan fingerprint density at radius 3 is 2.95 bits per heavy atom. The first-order valence-electron chi connectivity index (χ1n) is 7.87. The van der Waals surface area contributed by atoms with Crippen molar-refractivity contribution in [2.75, 3.05) is 26.8 Å². The molecule has 1 heterocycles. The summed E-state index contributed by atoms with van der Waals surface area (Å²) in [7, 11) is 1.70. The maximum absolute atomic E-state index is 9.30. The van der Waals surface area contributed by atoms with Gasteiger partial charge >= 0.3 is 0 Å². The molecule has 1 saturated heterocycles. The third-order valence-electron chi connectivity index (χ3n) is 3.94. The first-order valence-corrected chi connectivity index (χ1v) is 7.87. The summed E-state index contributed by atoms with van der Waals surface area (Å²) in [6.45, 7) is 5.99. The maximum Gasteiger partial charge on any atom is 0.123 e. The number of nitrogens with zero attached hydrogens (tertiary/aromatic N) is 1. The van der Waals surface area contributed by atoms with Crippen molar-refractivity contribution < 1.29 is 14.6 Å². The number of methoxy groups -OCH3 is 1. The van der Waals surface area contributed by atoms with E-state index in [0.717, 1.165) is 56.0 Å². The van der Waals surface area contributed by atoms with E-state index in [1.165, 1.54) is 6.42 Å². The first kappa shape index (κ1) is 16.3. The number of aliphatic hydroxyl groups is 1. The lowest BCUT2D eigenvalue weighted by atomic mass is 10.1. The van der Waals surface area contributed by atoms with Gasteiger partial charge in [-0.05, 0) is 43.5 Å². The summed E-state index contributed by atoms with van der Waals surface area (Å²) in [4.78, 5) is 2.42. The molecule has 0 saturated carbocycles. The Balaban J connectivity index is 1.99. The predicted molar refractivity (Wildman–Crippen MR) is 83.5 cm³/mol. The molecule has 1 aliphatic heterocycles. The molecule has 0 radical (unpaired) electrons. The molecule has 0 spiro atoms. The molecule has 1 aromatic carbocycles.